The number of hydrogen-bond acceptors (Lipinski definition) is 1. The summed E-state index contributed by atoms with van der Waals surface area (Å²) in [5, 5.41) is 17.2. The minimum Gasteiger partial charge on any atom is -0.309 e. The van der Waals surface area contributed by atoms with Crippen LogP contribution in [0.1, 0.15) is 5.56 Å². The lowest BCUT2D eigenvalue weighted by atomic mass is 10.00. The van der Waals surface area contributed by atoms with Crippen molar-refractivity contribution in [1.29, 1.82) is 5.26 Å². The molecule has 1 aromatic heterocycles. The van der Waals surface area contributed by atoms with Crippen LogP contribution in [0.25, 0.3) is 48.3 Å². The lowest BCUT2D eigenvalue weighted by Crippen LogP contribution is -2.75. The summed E-state index contributed by atoms with van der Waals surface area (Å²) in [6, 6.07) is 59.9. The molecule has 1 heterocycles. The first-order valence-electron chi connectivity index (χ1n) is 16.3. The standard InChI is InChI=1S/C45H28N4Si/c1-47-34-26-27-44-40(30-34)39-23-13-15-25-43(39)49(44)42-24-14-12-22-38(42)32-28-33(31-46)45(41(29-32)48-2)50(35-16-6-3-7-17-35,36-18-8-4-9-19-36)37-20-10-5-11-21-37/h3-30H. The second-order valence-corrected chi connectivity index (χ2v) is 15.9. The van der Waals surface area contributed by atoms with E-state index in [1.165, 1.54) is 0 Å². The van der Waals surface area contributed by atoms with E-state index in [2.05, 4.69) is 81.0 Å². The molecule has 8 rings (SSSR count). The summed E-state index contributed by atoms with van der Waals surface area (Å²) in [7, 11) is -3.17. The van der Waals surface area contributed by atoms with Crippen LogP contribution in [0.15, 0.2) is 170 Å². The van der Waals surface area contributed by atoms with Crippen molar-refractivity contribution in [2.24, 2.45) is 0 Å². The quantitative estimate of drug-likeness (QED) is 0.101. The highest BCUT2D eigenvalue weighted by Gasteiger charge is 2.44. The maximum absolute atomic E-state index is 11.0. The van der Waals surface area contributed by atoms with Crippen molar-refractivity contribution in [3.8, 4) is 22.9 Å². The molecule has 5 heteroatoms. The Morgan fingerprint density at radius 2 is 1.10 bits per heavy atom. The summed E-state index contributed by atoms with van der Waals surface area (Å²) >= 11 is 0. The molecule has 0 spiro atoms. The Morgan fingerprint density at radius 3 is 1.70 bits per heavy atom. The van der Waals surface area contributed by atoms with Crippen molar-refractivity contribution >= 4 is 62.0 Å². The molecule has 0 radical (unpaired) electrons. The fourth-order valence-electron chi connectivity index (χ4n) is 7.55. The highest BCUT2D eigenvalue weighted by atomic mass is 28.3. The Balaban J connectivity index is 1.45. The monoisotopic (exact) mass is 652 g/mol. The van der Waals surface area contributed by atoms with Crippen LogP contribution in [-0.2, 0) is 0 Å². The Bertz CT molecular complexity index is 2540. The van der Waals surface area contributed by atoms with Gasteiger partial charge in [0.1, 0.15) is 0 Å². The molecule has 0 aliphatic carbocycles. The molecular weight excluding hydrogens is 625 g/mol. The van der Waals surface area contributed by atoms with E-state index in [0.717, 1.165) is 59.4 Å². The molecule has 232 valence electrons. The zero-order chi connectivity index (χ0) is 34.1. The molecular formula is C45H28N4Si. The van der Waals surface area contributed by atoms with Crippen molar-refractivity contribution in [2.45, 2.75) is 0 Å². The van der Waals surface area contributed by atoms with Crippen LogP contribution >= 0.6 is 0 Å². The first-order chi connectivity index (χ1) is 24.7. The van der Waals surface area contributed by atoms with E-state index in [4.69, 9.17) is 13.1 Å². The third-order valence-electron chi connectivity index (χ3n) is 9.60. The molecule has 0 aliphatic heterocycles. The van der Waals surface area contributed by atoms with Crippen LogP contribution in [0.5, 0.6) is 0 Å². The second-order valence-electron chi connectivity index (χ2n) is 12.2. The Labute approximate surface area is 292 Å². The molecule has 4 nitrogen and oxygen atoms in total. The molecule has 0 saturated carbocycles. The molecule has 0 saturated heterocycles. The predicted molar refractivity (Wildman–Crippen MR) is 207 cm³/mol. The zero-order valence-electron chi connectivity index (χ0n) is 27.0. The van der Waals surface area contributed by atoms with Crippen LogP contribution in [0.2, 0.25) is 0 Å². The van der Waals surface area contributed by atoms with Crippen molar-refractivity contribution in [3.63, 3.8) is 0 Å². The largest absolute Gasteiger partial charge is 0.309 e. The van der Waals surface area contributed by atoms with E-state index in [1.54, 1.807) is 0 Å². The van der Waals surface area contributed by atoms with Crippen LogP contribution in [0.3, 0.4) is 0 Å². The van der Waals surface area contributed by atoms with Gasteiger partial charge >= 0.3 is 0 Å². The van der Waals surface area contributed by atoms with Crippen molar-refractivity contribution in [2.75, 3.05) is 0 Å². The second kappa shape index (κ2) is 12.6. The SMILES string of the molecule is [C-]#[N+]c1ccc2c(c1)c1ccccc1n2-c1ccccc1-c1cc(C#N)c([Si](c2ccccc2)(c2ccccc2)c2ccccc2)c([N+]#[C-])c1. The first-order valence-corrected chi connectivity index (χ1v) is 18.3. The van der Waals surface area contributed by atoms with Gasteiger partial charge in [0.15, 0.2) is 19.4 Å². The molecule has 0 N–H and O–H groups in total. The number of hydrogen-bond donors (Lipinski definition) is 0. The highest BCUT2D eigenvalue weighted by molar-refractivity contribution is 7.20. The Kier molecular flexibility index (Phi) is 7.63. The summed E-state index contributed by atoms with van der Waals surface area (Å²) in [5.74, 6) is 0. The number of nitrogens with zero attached hydrogens (tertiary/aromatic N) is 4. The van der Waals surface area contributed by atoms with Gasteiger partial charge in [-0.15, -0.1) is 0 Å². The minimum atomic E-state index is -3.17. The molecule has 0 atom stereocenters. The smallest absolute Gasteiger partial charge is 0.189 e. The van der Waals surface area contributed by atoms with Gasteiger partial charge in [-0.1, -0.05) is 133 Å². The molecule has 8 aromatic rings. The molecule has 7 aromatic carbocycles. The van der Waals surface area contributed by atoms with Crippen LogP contribution in [0.4, 0.5) is 11.4 Å². The van der Waals surface area contributed by atoms with Crippen LogP contribution in [0, 0.1) is 24.5 Å². The summed E-state index contributed by atoms with van der Waals surface area (Å²) in [6.07, 6.45) is 0. The number of nitriles is 1. The van der Waals surface area contributed by atoms with E-state index >= 15 is 0 Å². The van der Waals surface area contributed by atoms with Gasteiger partial charge in [0.2, 0.25) is 0 Å². The van der Waals surface area contributed by atoms with Crippen molar-refractivity contribution in [3.05, 3.63) is 198 Å². The molecule has 0 bridgehead atoms. The number of para-hydroxylation sites is 2. The fraction of sp³-hybridized carbons (Fsp3) is 0. The summed E-state index contributed by atoms with van der Waals surface area (Å²) in [6.45, 7) is 16.3. The Hall–Kier alpha value is -6.97. The number of aromatic nitrogens is 1. The maximum Gasteiger partial charge on any atom is 0.189 e. The Morgan fingerprint density at radius 1 is 0.540 bits per heavy atom. The number of rotatable bonds is 6. The van der Waals surface area contributed by atoms with Crippen molar-refractivity contribution in [1.82, 2.24) is 4.57 Å². The third kappa shape index (κ3) is 4.72. The predicted octanol–water partition coefficient (Wildman–Crippen LogP) is 8.80. The molecule has 0 fully saturated rings. The van der Waals surface area contributed by atoms with Crippen molar-refractivity contribution < 1.29 is 0 Å². The van der Waals surface area contributed by atoms with Gasteiger partial charge < -0.3 is 4.57 Å². The third-order valence-corrected chi connectivity index (χ3v) is 14.5. The van der Waals surface area contributed by atoms with Gasteiger partial charge in [-0.2, -0.15) is 5.26 Å². The highest BCUT2D eigenvalue weighted by Crippen LogP contribution is 2.38. The first kappa shape index (κ1) is 30.4. The van der Waals surface area contributed by atoms with Crippen LogP contribution < -0.4 is 20.7 Å². The van der Waals surface area contributed by atoms with E-state index in [1.807, 2.05) is 109 Å². The van der Waals surface area contributed by atoms with Gasteiger partial charge in [0, 0.05) is 16.5 Å². The van der Waals surface area contributed by atoms with E-state index < -0.39 is 8.07 Å². The molecule has 0 aliphatic rings. The normalized spacial score (nSPS) is 11.1. The van der Waals surface area contributed by atoms with Gasteiger partial charge in [0.05, 0.1) is 35.9 Å². The topological polar surface area (TPSA) is 37.4 Å². The molecule has 50 heavy (non-hydrogen) atoms. The van der Waals surface area contributed by atoms with Gasteiger partial charge in [-0.3, -0.25) is 0 Å². The average Bonchev–Trinajstić information content (AvgIpc) is 3.52. The molecule has 0 amide bonds. The maximum atomic E-state index is 11.0. The molecule has 0 unspecified atom stereocenters. The lowest BCUT2D eigenvalue weighted by molar-refractivity contribution is 1.18. The van der Waals surface area contributed by atoms with E-state index in [9.17, 15) is 5.26 Å². The summed E-state index contributed by atoms with van der Waals surface area (Å²) < 4.78 is 2.22. The van der Waals surface area contributed by atoms with Crippen LogP contribution in [-0.4, -0.2) is 12.6 Å². The van der Waals surface area contributed by atoms with E-state index in [-0.39, 0.29) is 0 Å². The summed E-state index contributed by atoms with van der Waals surface area (Å²) in [4.78, 5) is 7.91. The summed E-state index contributed by atoms with van der Waals surface area (Å²) in [5.41, 5.74) is 6.19. The number of fused-ring (bicyclic) bond motifs is 3. The van der Waals surface area contributed by atoms with E-state index in [0.29, 0.717) is 16.9 Å². The van der Waals surface area contributed by atoms with Gasteiger partial charge in [-0.05, 0) is 68.1 Å². The number of benzene rings is 7. The minimum absolute atomic E-state index is 0.473. The lowest BCUT2D eigenvalue weighted by Gasteiger charge is -2.36. The van der Waals surface area contributed by atoms with Gasteiger partial charge in [-0.25, -0.2) is 9.69 Å². The average molecular weight is 653 g/mol. The fourth-order valence-corrected chi connectivity index (χ4v) is 12.5. The zero-order valence-corrected chi connectivity index (χ0v) is 28.0. The van der Waals surface area contributed by atoms with Gasteiger partial charge in [0.25, 0.3) is 0 Å².